The van der Waals surface area contributed by atoms with Crippen molar-refractivity contribution in [2.24, 2.45) is 0 Å². The maximum absolute atomic E-state index is 10.3. The van der Waals surface area contributed by atoms with E-state index in [2.05, 4.69) is 17.6 Å². The molecule has 0 aromatic heterocycles. The van der Waals surface area contributed by atoms with E-state index >= 15 is 0 Å². The lowest BCUT2D eigenvalue weighted by atomic mass is 9.97. The van der Waals surface area contributed by atoms with Crippen LogP contribution in [0.5, 0.6) is 0 Å². The van der Waals surface area contributed by atoms with Crippen molar-refractivity contribution in [1.82, 2.24) is 10.6 Å². The van der Waals surface area contributed by atoms with Crippen molar-refractivity contribution in [3.63, 3.8) is 0 Å². The molecule has 1 heterocycles. The van der Waals surface area contributed by atoms with Crippen molar-refractivity contribution >= 4 is 11.6 Å². The molecule has 0 aliphatic carbocycles. The molecule has 92 valence electrons. The first-order valence-electron chi connectivity index (χ1n) is 5.86. The van der Waals surface area contributed by atoms with Gasteiger partial charge < -0.3 is 15.7 Å². The first kappa shape index (κ1) is 12.3. The Morgan fingerprint density at radius 3 is 2.71 bits per heavy atom. The molecule has 0 spiro atoms. The number of nitrogens with one attached hydrogen (secondary N) is 2. The van der Waals surface area contributed by atoms with Gasteiger partial charge in [-0.15, -0.1) is 0 Å². The van der Waals surface area contributed by atoms with Crippen molar-refractivity contribution in [3.8, 4) is 0 Å². The lowest BCUT2D eigenvalue weighted by molar-refractivity contribution is 0.129. The molecular formula is C13H17ClN2O. The van der Waals surface area contributed by atoms with Gasteiger partial charge in [-0.05, 0) is 23.6 Å². The standard InChI is InChI=1S/C13H17ClN2O/c1-2-4-9-10(5-3-6-11(9)14)12(17)13-15-7-8-16-13/h3,5-8,12-13,15-17H,2,4H2,1H3. The molecule has 2 rings (SSSR count). The number of rotatable bonds is 4. The highest BCUT2D eigenvalue weighted by Gasteiger charge is 2.23. The molecule has 1 atom stereocenters. The zero-order valence-corrected chi connectivity index (χ0v) is 10.5. The lowest BCUT2D eigenvalue weighted by Gasteiger charge is -2.22. The van der Waals surface area contributed by atoms with Crippen molar-refractivity contribution in [1.29, 1.82) is 0 Å². The van der Waals surface area contributed by atoms with Gasteiger partial charge in [0.1, 0.15) is 12.3 Å². The van der Waals surface area contributed by atoms with Crippen LogP contribution >= 0.6 is 11.6 Å². The number of aliphatic hydroxyl groups is 1. The summed E-state index contributed by atoms with van der Waals surface area (Å²) in [6.45, 7) is 2.10. The van der Waals surface area contributed by atoms with Crippen molar-refractivity contribution in [2.45, 2.75) is 32.0 Å². The summed E-state index contributed by atoms with van der Waals surface area (Å²) in [5, 5.41) is 17.2. The smallest absolute Gasteiger partial charge is 0.127 e. The van der Waals surface area contributed by atoms with Crippen molar-refractivity contribution in [2.75, 3.05) is 0 Å². The average molecular weight is 253 g/mol. The molecule has 0 amide bonds. The number of halogens is 1. The van der Waals surface area contributed by atoms with Gasteiger partial charge in [0.2, 0.25) is 0 Å². The monoisotopic (exact) mass is 252 g/mol. The van der Waals surface area contributed by atoms with E-state index in [0.717, 1.165) is 29.0 Å². The number of benzene rings is 1. The Bertz CT molecular complexity index is 412. The van der Waals surface area contributed by atoms with E-state index < -0.39 is 6.10 Å². The third kappa shape index (κ3) is 2.56. The van der Waals surface area contributed by atoms with E-state index in [1.165, 1.54) is 0 Å². The Hall–Kier alpha value is -1.19. The van der Waals surface area contributed by atoms with Crippen LogP contribution < -0.4 is 10.6 Å². The number of hydrogen-bond donors (Lipinski definition) is 3. The summed E-state index contributed by atoms with van der Waals surface area (Å²) in [6.07, 6.45) is 4.68. The highest BCUT2D eigenvalue weighted by molar-refractivity contribution is 6.31. The van der Waals surface area contributed by atoms with E-state index in [-0.39, 0.29) is 6.17 Å². The summed E-state index contributed by atoms with van der Waals surface area (Å²) in [4.78, 5) is 0. The molecule has 1 aromatic rings. The van der Waals surface area contributed by atoms with Gasteiger partial charge in [0.15, 0.2) is 0 Å². The molecule has 3 N–H and O–H groups in total. The number of hydrogen-bond acceptors (Lipinski definition) is 3. The van der Waals surface area contributed by atoms with Gasteiger partial charge in [-0.25, -0.2) is 0 Å². The third-order valence-corrected chi connectivity index (χ3v) is 3.28. The van der Waals surface area contributed by atoms with Gasteiger partial charge in [0, 0.05) is 17.4 Å². The fraction of sp³-hybridized carbons (Fsp3) is 0.385. The minimum Gasteiger partial charge on any atom is -0.384 e. The Balaban J connectivity index is 2.26. The highest BCUT2D eigenvalue weighted by atomic mass is 35.5. The van der Waals surface area contributed by atoms with Crippen LogP contribution in [0.4, 0.5) is 0 Å². The Labute approximate surface area is 106 Å². The molecule has 1 aliphatic heterocycles. The first-order valence-corrected chi connectivity index (χ1v) is 6.24. The molecule has 1 aromatic carbocycles. The maximum Gasteiger partial charge on any atom is 0.127 e. The SMILES string of the molecule is CCCc1c(Cl)cccc1C(O)C1NC=CN1. The Morgan fingerprint density at radius 1 is 1.35 bits per heavy atom. The minimum atomic E-state index is -0.606. The predicted octanol–water partition coefficient (Wildman–Crippen LogP) is 2.32. The second-order valence-corrected chi connectivity index (χ2v) is 4.55. The van der Waals surface area contributed by atoms with Crippen LogP contribution in [0.2, 0.25) is 5.02 Å². The predicted molar refractivity (Wildman–Crippen MR) is 69.6 cm³/mol. The Kier molecular flexibility index (Phi) is 3.92. The Morgan fingerprint density at radius 2 is 2.06 bits per heavy atom. The van der Waals surface area contributed by atoms with Crippen LogP contribution in [0.15, 0.2) is 30.6 Å². The quantitative estimate of drug-likeness (QED) is 0.771. The largest absolute Gasteiger partial charge is 0.384 e. The van der Waals surface area contributed by atoms with Crippen LogP contribution in [0.1, 0.15) is 30.6 Å². The van der Waals surface area contributed by atoms with E-state index in [9.17, 15) is 5.11 Å². The van der Waals surface area contributed by atoms with E-state index in [1.807, 2.05) is 18.2 Å². The molecule has 4 heteroatoms. The minimum absolute atomic E-state index is 0.177. The van der Waals surface area contributed by atoms with Crippen molar-refractivity contribution in [3.05, 3.63) is 46.7 Å². The second-order valence-electron chi connectivity index (χ2n) is 4.15. The van der Waals surface area contributed by atoms with Gasteiger partial charge in [-0.3, -0.25) is 0 Å². The summed E-state index contributed by atoms with van der Waals surface area (Å²) < 4.78 is 0. The second kappa shape index (κ2) is 5.43. The average Bonchev–Trinajstić information content (AvgIpc) is 2.85. The van der Waals surface area contributed by atoms with Gasteiger partial charge >= 0.3 is 0 Å². The zero-order valence-electron chi connectivity index (χ0n) is 9.78. The lowest BCUT2D eigenvalue weighted by Crippen LogP contribution is -2.37. The van der Waals surface area contributed by atoms with E-state index in [4.69, 9.17) is 11.6 Å². The van der Waals surface area contributed by atoms with Gasteiger partial charge in [-0.2, -0.15) is 0 Å². The molecule has 17 heavy (non-hydrogen) atoms. The molecule has 0 saturated heterocycles. The summed E-state index contributed by atoms with van der Waals surface area (Å²) in [5.41, 5.74) is 1.94. The molecule has 1 aliphatic rings. The summed E-state index contributed by atoms with van der Waals surface area (Å²) in [6, 6.07) is 5.68. The first-order chi connectivity index (χ1) is 8.24. The summed E-state index contributed by atoms with van der Waals surface area (Å²) >= 11 is 6.19. The molecule has 0 bridgehead atoms. The van der Waals surface area contributed by atoms with Crippen molar-refractivity contribution < 1.29 is 5.11 Å². The van der Waals surface area contributed by atoms with E-state index in [1.54, 1.807) is 12.4 Å². The molecule has 1 unspecified atom stereocenters. The van der Waals surface area contributed by atoms with Gasteiger partial charge in [0.05, 0.1) is 0 Å². The summed E-state index contributed by atoms with van der Waals surface area (Å²) in [7, 11) is 0. The fourth-order valence-electron chi connectivity index (χ4n) is 2.08. The molecular weight excluding hydrogens is 236 g/mol. The molecule has 3 nitrogen and oxygen atoms in total. The van der Waals surface area contributed by atoms with Crippen LogP contribution in [-0.2, 0) is 6.42 Å². The maximum atomic E-state index is 10.3. The molecule has 0 fully saturated rings. The van der Waals surface area contributed by atoms with Crippen LogP contribution in [-0.4, -0.2) is 11.3 Å². The topological polar surface area (TPSA) is 44.3 Å². The molecule has 0 radical (unpaired) electrons. The molecule has 0 saturated carbocycles. The highest BCUT2D eigenvalue weighted by Crippen LogP contribution is 2.28. The van der Waals surface area contributed by atoms with Crippen LogP contribution in [0.25, 0.3) is 0 Å². The van der Waals surface area contributed by atoms with Gasteiger partial charge in [-0.1, -0.05) is 37.1 Å². The van der Waals surface area contributed by atoms with E-state index in [0.29, 0.717) is 0 Å². The third-order valence-electron chi connectivity index (χ3n) is 2.92. The number of aliphatic hydroxyl groups excluding tert-OH is 1. The normalized spacial score (nSPS) is 16.6. The fourth-order valence-corrected chi connectivity index (χ4v) is 2.36. The zero-order chi connectivity index (χ0) is 12.3. The van der Waals surface area contributed by atoms with Crippen LogP contribution in [0.3, 0.4) is 0 Å². The van der Waals surface area contributed by atoms with Gasteiger partial charge in [0.25, 0.3) is 0 Å². The van der Waals surface area contributed by atoms with Crippen LogP contribution in [0, 0.1) is 0 Å². The summed E-state index contributed by atoms with van der Waals surface area (Å²) in [5.74, 6) is 0.